The highest BCUT2D eigenvalue weighted by Gasteiger charge is 1.89. The lowest BCUT2D eigenvalue weighted by atomic mass is 10.4. The number of amidine groups is 1. The molecule has 0 saturated heterocycles. The Balaban J connectivity index is 0.00000196. The predicted molar refractivity (Wildman–Crippen MR) is 73.4 cm³/mol. The zero-order chi connectivity index (χ0) is 10.2. The molecule has 0 saturated carbocycles. The zero-order valence-corrected chi connectivity index (χ0v) is 10.4. The van der Waals surface area contributed by atoms with Gasteiger partial charge in [-0.15, -0.1) is 24.1 Å². The summed E-state index contributed by atoms with van der Waals surface area (Å²) < 4.78 is 0. The van der Waals surface area contributed by atoms with Crippen LogP contribution in [0.3, 0.4) is 0 Å². The number of thioether (sulfide) groups is 1. The van der Waals surface area contributed by atoms with Crippen molar-refractivity contribution in [1.82, 2.24) is 0 Å². The molecule has 0 aromatic carbocycles. The summed E-state index contributed by atoms with van der Waals surface area (Å²) in [6.07, 6.45) is 3.45. The highest BCUT2D eigenvalue weighted by Crippen LogP contribution is 2.03. The molecule has 15 heavy (non-hydrogen) atoms. The van der Waals surface area contributed by atoms with Crippen molar-refractivity contribution in [2.75, 3.05) is 5.75 Å². The van der Waals surface area contributed by atoms with Crippen LogP contribution in [-0.2, 0) is 0 Å². The number of hydrogen-bond donors (Lipinski definition) is 1. The molecule has 1 aromatic heterocycles. The van der Waals surface area contributed by atoms with Crippen molar-refractivity contribution >= 4 is 46.9 Å². The summed E-state index contributed by atoms with van der Waals surface area (Å²) in [5.74, 6) is 0.753. The molecule has 0 aliphatic carbocycles. The van der Waals surface area contributed by atoms with E-state index in [0.717, 1.165) is 11.3 Å². The SMILES string of the molecule is C=CCS/C(N)=N\N=Cc1ccsc1.Cl. The standard InChI is InChI=1S/C9H11N3S2.ClH/c1-2-4-14-9(10)12-11-6-8-3-5-13-7-8;/h2-3,5-7H,1,4H2,(H2,10,12);1H. The fraction of sp³-hybridized carbons (Fsp3) is 0.111. The Hall–Kier alpha value is -0.780. The van der Waals surface area contributed by atoms with Crippen LogP contribution in [0.4, 0.5) is 0 Å². The predicted octanol–water partition coefficient (Wildman–Crippen LogP) is 2.74. The summed E-state index contributed by atoms with van der Waals surface area (Å²) >= 11 is 3.04. The zero-order valence-electron chi connectivity index (χ0n) is 8.00. The Morgan fingerprint density at radius 1 is 1.67 bits per heavy atom. The van der Waals surface area contributed by atoms with Crippen molar-refractivity contribution in [3.05, 3.63) is 35.0 Å². The van der Waals surface area contributed by atoms with Gasteiger partial charge in [-0.25, -0.2) is 0 Å². The molecule has 1 rings (SSSR count). The van der Waals surface area contributed by atoms with Crippen molar-refractivity contribution in [1.29, 1.82) is 0 Å². The van der Waals surface area contributed by atoms with Crippen molar-refractivity contribution in [2.45, 2.75) is 0 Å². The van der Waals surface area contributed by atoms with E-state index in [-0.39, 0.29) is 12.4 Å². The average Bonchev–Trinajstić information content (AvgIpc) is 2.67. The van der Waals surface area contributed by atoms with Crippen LogP contribution < -0.4 is 5.73 Å². The van der Waals surface area contributed by atoms with Crippen LogP contribution in [0.2, 0.25) is 0 Å². The van der Waals surface area contributed by atoms with Crippen LogP contribution in [-0.4, -0.2) is 17.1 Å². The topological polar surface area (TPSA) is 50.7 Å². The van der Waals surface area contributed by atoms with Gasteiger partial charge in [-0.2, -0.15) is 16.4 Å². The Morgan fingerprint density at radius 2 is 2.47 bits per heavy atom. The van der Waals surface area contributed by atoms with E-state index in [1.807, 2.05) is 16.8 Å². The molecule has 0 atom stereocenters. The first-order valence-corrected chi connectivity index (χ1v) is 5.88. The van der Waals surface area contributed by atoms with Gasteiger partial charge < -0.3 is 5.73 Å². The van der Waals surface area contributed by atoms with E-state index in [0.29, 0.717) is 5.17 Å². The van der Waals surface area contributed by atoms with E-state index in [2.05, 4.69) is 16.8 Å². The lowest BCUT2D eigenvalue weighted by Crippen LogP contribution is -2.05. The first kappa shape index (κ1) is 14.2. The maximum Gasteiger partial charge on any atom is 0.180 e. The lowest BCUT2D eigenvalue weighted by molar-refractivity contribution is 1.25. The van der Waals surface area contributed by atoms with Crippen LogP contribution in [0.1, 0.15) is 5.56 Å². The number of nitrogens with zero attached hydrogens (tertiary/aromatic N) is 2. The quantitative estimate of drug-likeness (QED) is 0.392. The van der Waals surface area contributed by atoms with Gasteiger partial charge in [0.15, 0.2) is 5.17 Å². The summed E-state index contributed by atoms with van der Waals surface area (Å²) in [7, 11) is 0. The minimum atomic E-state index is 0. The monoisotopic (exact) mass is 261 g/mol. The third-order valence-corrected chi connectivity index (χ3v) is 2.74. The Morgan fingerprint density at radius 3 is 3.07 bits per heavy atom. The maximum atomic E-state index is 5.55. The lowest BCUT2D eigenvalue weighted by Gasteiger charge is -1.91. The minimum Gasteiger partial charge on any atom is -0.377 e. The van der Waals surface area contributed by atoms with E-state index in [9.17, 15) is 0 Å². The third-order valence-electron chi connectivity index (χ3n) is 1.26. The van der Waals surface area contributed by atoms with Gasteiger partial charge in [0.05, 0.1) is 6.21 Å². The summed E-state index contributed by atoms with van der Waals surface area (Å²) in [4.78, 5) is 0. The van der Waals surface area contributed by atoms with Gasteiger partial charge >= 0.3 is 0 Å². The molecule has 0 radical (unpaired) electrons. The Bertz CT molecular complexity index is 333. The molecule has 0 unspecified atom stereocenters. The molecular formula is C9H12ClN3S2. The molecule has 0 bridgehead atoms. The summed E-state index contributed by atoms with van der Waals surface area (Å²) in [5, 5.41) is 12.1. The number of rotatable bonds is 4. The van der Waals surface area contributed by atoms with E-state index in [4.69, 9.17) is 5.73 Å². The molecule has 0 amide bonds. The summed E-state index contributed by atoms with van der Waals surface area (Å²) in [6, 6.07) is 1.97. The minimum absolute atomic E-state index is 0. The first-order chi connectivity index (χ1) is 6.83. The van der Waals surface area contributed by atoms with Crippen molar-refractivity contribution in [2.24, 2.45) is 15.9 Å². The fourth-order valence-corrected chi connectivity index (χ4v) is 1.68. The van der Waals surface area contributed by atoms with Crippen molar-refractivity contribution in [3.8, 4) is 0 Å². The molecule has 82 valence electrons. The van der Waals surface area contributed by atoms with Crippen LogP contribution in [0.5, 0.6) is 0 Å². The second-order valence-electron chi connectivity index (χ2n) is 2.34. The van der Waals surface area contributed by atoms with Gasteiger partial charge in [-0.3, -0.25) is 0 Å². The van der Waals surface area contributed by atoms with Crippen LogP contribution in [0, 0.1) is 0 Å². The van der Waals surface area contributed by atoms with Crippen molar-refractivity contribution in [3.63, 3.8) is 0 Å². The highest BCUT2D eigenvalue weighted by molar-refractivity contribution is 8.13. The second-order valence-corrected chi connectivity index (χ2v) is 4.16. The molecule has 0 aliphatic rings. The first-order valence-electron chi connectivity index (χ1n) is 3.95. The van der Waals surface area contributed by atoms with Crippen molar-refractivity contribution < 1.29 is 0 Å². The molecule has 1 heterocycles. The molecule has 1 aromatic rings. The number of nitrogens with two attached hydrogens (primary N) is 1. The molecule has 0 fully saturated rings. The largest absolute Gasteiger partial charge is 0.377 e. The van der Waals surface area contributed by atoms with Gasteiger partial charge in [0.1, 0.15) is 0 Å². The Labute approximate surface area is 104 Å². The summed E-state index contributed by atoms with van der Waals surface area (Å²) in [5.41, 5.74) is 6.60. The highest BCUT2D eigenvalue weighted by atomic mass is 35.5. The number of halogens is 1. The second kappa shape index (κ2) is 8.52. The molecule has 2 N–H and O–H groups in total. The maximum absolute atomic E-state index is 5.55. The molecule has 6 heteroatoms. The third kappa shape index (κ3) is 6.33. The fourth-order valence-electron chi connectivity index (χ4n) is 0.674. The number of hydrogen-bond acceptors (Lipinski definition) is 4. The van der Waals surface area contributed by atoms with E-state index < -0.39 is 0 Å². The molecule has 0 aliphatic heterocycles. The molecular weight excluding hydrogens is 250 g/mol. The van der Waals surface area contributed by atoms with Gasteiger partial charge in [0, 0.05) is 11.3 Å². The van der Waals surface area contributed by atoms with Crippen LogP contribution in [0.25, 0.3) is 0 Å². The molecule has 3 nitrogen and oxygen atoms in total. The van der Waals surface area contributed by atoms with Gasteiger partial charge in [-0.1, -0.05) is 17.8 Å². The van der Waals surface area contributed by atoms with E-state index >= 15 is 0 Å². The number of thiophene rings is 1. The Kier molecular flexibility index (Phi) is 8.08. The van der Waals surface area contributed by atoms with Gasteiger partial charge in [0.25, 0.3) is 0 Å². The molecule has 0 spiro atoms. The average molecular weight is 262 g/mol. The van der Waals surface area contributed by atoms with Gasteiger partial charge in [-0.05, 0) is 16.8 Å². The van der Waals surface area contributed by atoms with E-state index in [1.54, 1.807) is 23.6 Å². The summed E-state index contributed by atoms with van der Waals surface area (Å²) in [6.45, 7) is 3.59. The van der Waals surface area contributed by atoms with Crippen LogP contribution in [0.15, 0.2) is 39.7 Å². The normalized spacial score (nSPS) is 11.3. The van der Waals surface area contributed by atoms with Crippen LogP contribution >= 0.6 is 35.5 Å². The van der Waals surface area contributed by atoms with E-state index in [1.165, 1.54) is 11.8 Å². The van der Waals surface area contributed by atoms with Gasteiger partial charge in [0.2, 0.25) is 0 Å². The smallest absolute Gasteiger partial charge is 0.180 e.